The molecule has 1 amide bonds. The third-order valence-electron chi connectivity index (χ3n) is 6.11. The summed E-state index contributed by atoms with van der Waals surface area (Å²) in [6.45, 7) is 2.51. The minimum atomic E-state index is -0.772. The van der Waals surface area contributed by atoms with Gasteiger partial charge in [0.15, 0.2) is 0 Å². The monoisotopic (exact) mass is 293 g/mol. The molecular weight excluding hydrogens is 266 g/mol. The van der Waals surface area contributed by atoms with E-state index < -0.39 is 5.97 Å². The fraction of sp³-hybridized carbons (Fsp3) is 0.882. The van der Waals surface area contributed by atoms with Crippen molar-refractivity contribution >= 4 is 11.9 Å². The summed E-state index contributed by atoms with van der Waals surface area (Å²) in [5.74, 6) is 1.80. The quantitative estimate of drug-likeness (QED) is 0.791. The third-order valence-corrected chi connectivity index (χ3v) is 6.11. The van der Waals surface area contributed by atoms with E-state index in [4.69, 9.17) is 5.11 Å². The number of carboxylic acids is 1. The molecule has 2 N–H and O–H groups in total. The highest BCUT2D eigenvalue weighted by atomic mass is 16.4. The van der Waals surface area contributed by atoms with Crippen molar-refractivity contribution in [3.05, 3.63) is 0 Å². The Kier molecular flexibility index (Phi) is 3.98. The Labute approximate surface area is 126 Å². The van der Waals surface area contributed by atoms with Crippen molar-refractivity contribution in [1.29, 1.82) is 0 Å². The normalized spacial score (nSPS) is 38.2. The molecule has 4 bridgehead atoms. The van der Waals surface area contributed by atoms with Gasteiger partial charge in [-0.3, -0.25) is 9.59 Å². The summed E-state index contributed by atoms with van der Waals surface area (Å²) in [4.78, 5) is 23.6. The molecule has 4 nitrogen and oxygen atoms in total. The second-order valence-corrected chi connectivity index (χ2v) is 7.78. The molecule has 4 aliphatic rings. The number of amides is 1. The molecule has 1 unspecified atom stereocenters. The largest absolute Gasteiger partial charge is 0.481 e. The molecule has 0 spiro atoms. The summed E-state index contributed by atoms with van der Waals surface area (Å²) in [6, 6.07) is 0. The summed E-state index contributed by atoms with van der Waals surface area (Å²) in [5.41, 5.74) is -0.115. The van der Waals surface area contributed by atoms with Crippen LogP contribution in [-0.2, 0) is 9.59 Å². The molecule has 0 heterocycles. The predicted octanol–water partition coefficient (Wildman–Crippen LogP) is 2.82. The summed E-state index contributed by atoms with van der Waals surface area (Å²) in [6.07, 6.45) is 8.17. The Hall–Kier alpha value is -1.06. The van der Waals surface area contributed by atoms with E-state index in [9.17, 15) is 9.59 Å². The van der Waals surface area contributed by atoms with Gasteiger partial charge in [-0.1, -0.05) is 13.3 Å². The van der Waals surface area contributed by atoms with E-state index in [1.807, 2.05) is 6.92 Å². The summed E-state index contributed by atoms with van der Waals surface area (Å²) < 4.78 is 0. The second-order valence-electron chi connectivity index (χ2n) is 7.78. The highest BCUT2D eigenvalue weighted by Gasteiger charge is 2.54. The van der Waals surface area contributed by atoms with Crippen LogP contribution in [0.25, 0.3) is 0 Å². The van der Waals surface area contributed by atoms with Crippen LogP contribution in [0.5, 0.6) is 0 Å². The highest BCUT2D eigenvalue weighted by molar-refractivity contribution is 5.83. The number of carbonyl (C=O) groups is 2. The van der Waals surface area contributed by atoms with Crippen LogP contribution in [0, 0.1) is 29.1 Å². The van der Waals surface area contributed by atoms with Gasteiger partial charge in [-0.05, 0) is 62.2 Å². The standard InChI is InChI=1S/C17H27NO3/c1-2-11(6-15(19)20)10-18-16(21)17-7-12-3-13(8-17)5-14(4-12)9-17/h11-14H,2-10H2,1H3,(H,18,21)(H,19,20). The van der Waals surface area contributed by atoms with Crippen molar-refractivity contribution in [3.8, 4) is 0 Å². The molecule has 4 rings (SSSR count). The number of hydrogen-bond donors (Lipinski definition) is 2. The van der Waals surface area contributed by atoms with E-state index in [0.717, 1.165) is 43.4 Å². The molecule has 0 aromatic heterocycles. The van der Waals surface area contributed by atoms with Crippen LogP contribution < -0.4 is 5.32 Å². The Morgan fingerprint density at radius 2 is 1.67 bits per heavy atom. The van der Waals surface area contributed by atoms with Crippen molar-refractivity contribution in [3.63, 3.8) is 0 Å². The average Bonchev–Trinajstić information content (AvgIpc) is 2.41. The molecule has 1 atom stereocenters. The van der Waals surface area contributed by atoms with Crippen molar-refractivity contribution in [2.45, 2.75) is 58.3 Å². The van der Waals surface area contributed by atoms with E-state index in [2.05, 4.69) is 5.32 Å². The third kappa shape index (κ3) is 2.95. The number of aliphatic carboxylic acids is 1. The summed E-state index contributed by atoms with van der Waals surface area (Å²) >= 11 is 0. The zero-order valence-corrected chi connectivity index (χ0v) is 12.9. The Morgan fingerprint density at radius 3 is 2.10 bits per heavy atom. The lowest BCUT2D eigenvalue weighted by Gasteiger charge is -2.55. The summed E-state index contributed by atoms with van der Waals surface area (Å²) in [7, 11) is 0. The molecule has 0 aromatic carbocycles. The zero-order chi connectivity index (χ0) is 15.0. The highest BCUT2D eigenvalue weighted by Crippen LogP contribution is 2.60. The maximum atomic E-state index is 12.7. The van der Waals surface area contributed by atoms with Gasteiger partial charge in [0.05, 0.1) is 0 Å². The molecule has 4 fully saturated rings. The van der Waals surface area contributed by atoms with Crippen LogP contribution in [0.2, 0.25) is 0 Å². The van der Waals surface area contributed by atoms with Gasteiger partial charge in [0.2, 0.25) is 5.91 Å². The molecule has 0 aliphatic heterocycles. The van der Waals surface area contributed by atoms with Gasteiger partial charge >= 0.3 is 5.97 Å². The second kappa shape index (κ2) is 5.62. The molecule has 4 saturated carbocycles. The number of carboxylic acid groups (broad SMARTS) is 1. The Bertz CT molecular complexity index is 396. The molecular formula is C17H27NO3. The number of carbonyl (C=O) groups excluding carboxylic acids is 1. The van der Waals surface area contributed by atoms with Gasteiger partial charge in [0.1, 0.15) is 0 Å². The van der Waals surface area contributed by atoms with E-state index in [-0.39, 0.29) is 23.7 Å². The first kappa shape index (κ1) is 14.9. The van der Waals surface area contributed by atoms with E-state index in [1.165, 1.54) is 19.3 Å². The minimum Gasteiger partial charge on any atom is -0.481 e. The van der Waals surface area contributed by atoms with Gasteiger partial charge in [-0.25, -0.2) is 0 Å². The number of nitrogens with one attached hydrogen (secondary N) is 1. The van der Waals surface area contributed by atoms with Gasteiger partial charge in [-0.2, -0.15) is 0 Å². The van der Waals surface area contributed by atoms with Gasteiger partial charge in [0.25, 0.3) is 0 Å². The van der Waals surface area contributed by atoms with Crippen LogP contribution in [0.15, 0.2) is 0 Å². The van der Waals surface area contributed by atoms with Crippen LogP contribution in [-0.4, -0.2) is 23.5 Å². The van der Waals surface area contributed by atoms with Crippen molar-refractivity contribution in [1.82, 2.24) is 5.32 Å². The molecule has 0 radical (unpaired) electrons. The maximum Gasteiger partial charge on any atom is 0.303 e. The fourth-order valence-corrected chi connectivity index (χ4v) is 5.42. The smallest absolute Gasteiger partial charge is 0.303 e. The first-order valence-corrected chi connectivity index (χ1v) is 8.51. The van der Waals surface area contributed by atoms with Gasteiger partial charge < -0.3 is 10.4 Å². The fourth-order valence-electron chi connectivity index (χ4n) is 5.42. The zero-order valence-electron chi connectivity index (χ0n) is 12.9. The lowest BCUT2D eigenvalue weighted by Crippen LogP contribution is -2.54. The lowest BCUT2D eigenvalue weighted by atomic mass is 9.49. The molecule has 4 heteroatoms. The van der Waals surface area contributed by atoms with E-state index in [1.54, 1.807) is 0 Å². The van der Waals surface area contributed by atoms with E-state index >= 15 is 0 Å². The maximum absolute atomic E-state index is 12.7. The molecule has 21 heavy (non-hydrogen) atoms. The molecule has 0 aromatic rings. The van der Waals surface area contributed by atoms with Crippen LogP contribution in [0.4, 0.5) is 0 Å². The van der Waals surface area contributed by atoms with Gasteiger partial charge in [-0.15, -0.1) is 0 Å². The topological polar surface area (TPSA) is 66.4 Å². The first-order valence-electron chi connectivity index (χ1n) is 8.51. The SMILES string of the molecule is CCC(CNC(=O)C12CC3CC(CC(C3)C1)C2)CC(=O)O. The van der Waals surface area contributed by atoms with Crippen LogP contribution in [0.3, 0.4) is 0 Å². The Morgan fingerprint density at radius 1 is 1.14 bits per heavy atom. The minimum absolute atomic E-state index is 0.0559. The van der Waals surface area contributed by atoms with Crippen LogP contribution in [0.1, 0.15) is 58.3 Å². The Balaban J connectivity index is 1.59. The van der Waals surface area contributed by atoms with Gasteiger partial charge in [0, 0.05) is 18.4 Å². The molecule has 4 aliphatic carbocycles. The van der Waals surface area contributed by atoms with Crippen molar-refractivity contribution in [2.24, 2.45) is 29.1 Å². The predicted molar refractivity (Wildman–Crippen MR) is 79.6 cm³/mol. The van der Waals surface area contributed by atoms with E-state index in [0.29, 0.717) is 6.54 Å². The molecule has 118 valence electrons. The number of hydrogen-bond acceptors (Lipinski definition) is 2. The summed E-state index contributed by atoms with van der Waals surface area (Å²) in [5, 5.41) is 12.0. The van der Waals surface area contributed by atoms with Crippen molar-refractivity contribution in [2.75, 3.05) is 6.54 Å². The van der Waals surface area contributed by atoms with Crippen molar-refractivity contribution < 1.29 is 14.7 Å². The number of rotatable bonds is 6. The molecule has 0 saturated heterocycles. The lowest BCUT2D eigenvalue weighted by molar-refractivity contribution is -0.147. The van der Waals surface area contributed by atoms with Crippen LogP contribution >= 0.6 is 0 Å². The average molecular weight is 293 g/mol. The first-order chi connectivity index (χ1) is 10.0.